The van der Waals surface area contributed by atoms with Crippen LogP contribution in [0.1, 0.15) is 44.6 Å². The number of H-pyrrole nitrogens is 2. The van der Waals surface area contributed by atoms with Crippen molar-refractivity contribution in [3.05, 3.63) is 75.3 Å². The van der Waals surface area contributed by atoms with Crippen molar-refractivity contribution < 1.29 is 4.42 Å². The first-order valence-corrected chi connectivity index (χ1v) is 12.3. The molecule has 1 saturated carbocycles. The third-order valence-corrected chi connectivity index (χ3v) is 7.40. The highest BCUT2D eigenvalue weighted by atomic mass is 16.3. The van der Waals surface area contributed by atoms with Crippen molar-refractivity contribution in [1.82, 2.24) is 19.7 Å². The molecule has 0 unspecified atom stereocenters. The number of pyridine rings is 2. The van der Waals surface area contributed by atoms with Crippen molar-refractivity contribution >= 4 is 44.0 Å². The lowest BCUT2D eigenvalue weighted by Crippen LogP contribution is -2.13. The molecule has 174 valence electrons. The van der Waals surface area contributed by atoms with E-state index in [9.17, 15) is 9.59 Å². The zero-order valence-corrected chi connectivity index (χ0v) is 19.1. The van der Waals surface area contributed by atoms with Crippen LogP contribution in [0.4, 0.5) is 0 Å². The van der Waals surface area contributed by atoms with E-state index in [-0.39, 0.29) is 17.0 Å². The van der Waals surface area contributed by atoms with E-state index < -0.39 is 0 Å². The second-order valence-electron chi connectivity index (χ2n) is 9.52. The van der Waals surface area contributed by atoms with E-state index in [1.807, 2.05) is 35.0 Å². The average Bonchev–Trinajstić information content (AvgIpc) is 3.25. The van der Waals surface area contributed by atoms with Gasteiger partial charge in [-0.05, 0) is 31.0 Å². The van der Waals surface area contributed by atoms with Gasteiger partial charge in [0.25, 0.3) is 5.56 Å². The monoisotopic (exact) mass is 464 g/mol. The van der Waals surface area contributed by atoms with E-state index >= 15 is 0 Å². The zero-order valence-electron chi connectivity index (χ0n) is 19.1. The fraction of sp³-hybridized carbons (Fsp3) is 0.250. The Hall–Kier alpha value is -4.13. The molecule has 7 rings (SSSR count). The summed E-state index contributed by atoms with van der Waals surface area (Å²) in [5.74, 6) is 0. The van der Waals surface area contributed by atoms with Crippen LogP contribution in [0.15, 0.2) is 68.7 Å². The first-order chi connectivity index (χ1) is 17.2. The van der Waals surface area contributed by atoms with Crippen LogP contribution >= 0.6 is 0 Å². The van der Waals surface area contributed by atoms with Crippen LogP contribution in [0, 0.1) is 0 Å². The molecule has 0 radical (unpaired) electrons. The van der Waals surface area contributed by atoms with Crippen molar-refractivity contribution in [1.29, 1.82) is 0 Å². The molecule has 0 amide bonds. The topological polar surface area (TPSA) is 96.7 Å². The van der Waals surface area contributed by atoms with Crippen LogP contribution in [-0.2, 0) is 0 Å². The van der Waals surface area contributed by atoms with Crippen LogP contribution in [0.5, 0.6) is 0 Å². The van der Waals surface area contributed by atoms with Crippen LogP contribution < -0.4 is 11.0 Å². The number of aromatic nitrogens is 4. The minimum absolute atomic E-state index is 0.115. The molecule has 0 saturated heterocycles. The van der Waals surface area contributed by atoms with Gasteiger partial charge in [0.1, 0.15) is 11.2 Å². The highest BCUT2D eigenvalue weighted by Gasteiger charge is 2.26. The van der Waals surface area contributed by atoms with Crippen LogP contribution in [-0.4, -0.2) is 19.7 Å². The largest absolute Gasteiger partial charge is 0.454 e. The third-order valence-electron chi connectivity index (χ3n) is 7.40. The predicted molar refractivity (Wildman–Crippen MR) is 138 cm³/mol. The Labute approximate surface area is 199 Å². The van der Waals surface area contributed by atoms with E-state index in [4.69, 9.17) is 4.42 Å². The number of benzene rings is 2. The highest BCUT2D eigenvalue weighted by Crippen LogP contribution is 2.41. The minimum atomic E-state index is -0.157. The molecule has 0 bridgehead atoms. The van der Waals surface area contributed by atoms with Gasteiger partial charge in [0, 0.05) is 34.2 Å². The molecule has 2 N–H and O–H groups in total. The van der Waals surface area contributed by atoms with Gasteiger partial charge in [-0.15, -0.1) is 0 Å². The van der Waals surface area contributed by atoms with Crippen molar-refractivity contribution in [2.45, 2.75) is 44.6 Å². The predicted octanol–water partition coefficient (Wildman–Crippen LogP) is 6.03. The lowest BCUT2D eigenvalue weighted by atomic mass is 9.99. The van der Waals surface area contributed by atoms with E-state index in [0.29, 0.717) is 22.1 Å². The molecule has 1 aliphatic rings. The van der Waals surface area contributed by atoms with Gasteiger partial charge in [-0.1, -0.05) is 49.9 Å². The molecule has 1 fully saturated rings. The van der Waals surface area contributed by atoms with Crippen molar-refractivity contribution in [2.75, 3.05) is 0 Å². The highest BCUT2D eigenvalue weighted by molar-refractivity contribution is 6.16. The van der Waals surface area contributed by atoms with Gasteiger partial charge in [-0.3, -0.25) is 24.4 Å². The van der Waals surface area contributed by atoms with Crippen LogP contribution in [0.2, 0.25) is 0 Å². The first kappa shape index (κ1) is 20.3. The van der Waals surface area contributed by atoms with E-state index in [2.05, 4.69) is 15.1 Å². The molecule has 1 aliphatic carbocycles. The zero-order chi connectivity index (χ0) is 23.5. The maximum Gasteiger partial charge on any atom is 0.274 e. The van der Waals surface area contributed by atoms with Gasteiger partial charge in [0.05, 0.1) is 22.5 Å². The summed E-state index contributed by atoms with van der Waals surface area (Å²) in [6.07, 6.45) is 8.57. The maximum absolute atomic E-state index is 13.6. The average molecular weight is 465 g/mol. The molecule has 4 heterocycles. The Kier molecular flexibility index (Phi) is 4.46. The lowest BCUT2D eigenvalue weighted by Gasteiger charge is -2.17. The summed E-state index contributed by atoms with van der Waals surface area (Å²) in [4.78, 5) is 33.8. The summed E-state index contributed by atoms with van der Waals surface area (Å²) in [5, 5.41) is 5.50. The van der Waals surface area contributed by atoms with Gasteiger partial charge in [0.2, 0.25) is 0 Å². The Bertz CT molecular complexity index is 1860. The molecule has 35 heavy (non-hydrogen) atoms. The van der Waals surface area contributed by atoms with Crippen LogP contribution in [0.3, 0.4) is 0 Å². The maximum atomic E-state index is 13.6. The number of fused-ring (bicyclic) bond motifs is 5. The number of nitrogens with zero attached hydrogens (tertiary/aromatic N) is 2. The molecule has 0 aliphatic heterocycles. The van der Waals surface area contributed by atoms with Crippen molar-refractivity contribution in [3.63, 3.8) is 0 Å². The fourth-order valence-corrected chi connectivity index (χ4v) is 5.77. The van der Waals surface area contributed by atoms with Crippen LogP contribution in [0.25, 0.3) is 55.1 Å². The van der Waals surface area contributed by atoms with E-state index in [1.54, 1.807) is 18.3 Å². The molecule has 6 aromatic rings. The number of para-hydroxylation sites is 1. The Morgan fingerprint density at radius 2 is 1.80 bits per heavy atom. The minimum Gasteiger partial charge on any atom is -0.454 e. The number of rotatable bonds is 2. The molecule has 2 aromatic carbocycles. The number of furan rings is 1. The summed E-state index contributed by atoms with van der Waals surface area (Å²) < 4.78 is 8.32. The summed E-state index contributed by atoms with van der Waals surface area (Å²) >= 11 is 0. The van der Waals surface area contributed by atoms with Gasteiger partial charge in [0.15, 0.2) is 11.0 Å². The molecule has 4 aromatic heterocycles. The van der Waals surface area contributed by atoms with Crippen molar-refractivity contribution in [3.8, 4) is 11.1 Å². The summed E-state index contributed by atoms with van der Waals surface area (Å²) in [5.41, 5.74) is 4.65. The summed E-state index contributed by atoms with van der Waals surface area (Å²) in [6.45, 7) is 0. The fourth-order valence-electron chi connectivity index (χ4n) is 5.77. The van der Waals surface area contributed by atoms with Gasteiger partial charge >= 0.3 is 0 Å². The lowest BCUT2D eigenvalue weighted by molar-refractivity contribution is 0.413. The van der Waals surface area contributed by atoms with Gasteiger partial charge in [-0.25, -0.2) is 0 Å². The number of aromatic amines is 2. The Morgan fingerprint density at radius 1 is 0.971 bits per heavy atom. The smallest absolute Gasteiger partial charge is 0.274 e. The molecule has 7 heteroatoms. The van der Waals surface area contributed by atoms with Gasteiger partial charge in [-0.2, -0.15) is 0 Å². The number of nitrogens with one attached hydrogen (secondary N) is 2. The quantitative estimate of drug-likeness (QED) is 0.306. The molecule has 7 nitrogen and oxygen atoms in total. The SMILES string of the molecule is O=c1ccc2c(c1)oc1c(-c3cccc4cccnc34)c3c(=O)[nH]n(C4CCCCCC4)c3[nH]c12. The second kappa shape index (κ2) is 7.70. The van der Waals surface area contributed by atoms with E-state index in [0.717, 1.165) is 58.7 Å². The molecular formula is C28H24N4O3. The standard InChI is InChI=1S/C28H24N4O3/c33-18-12-13-19-21(15-18)35-26-22(20-11-5-7-16-8-6-14-29-24(16)20)23-27(30-25(19)26)32(31-28(23)34)17-9-3-1-2-4-10-17/h5-8,11-15,17,30H,1-4,9-10H2,(H,31,34). The van der Waals surface area contributed by atoms with Gasteiger partial charge < -0.3 is 9.40 Å². The number of hydrogen-bond acceptors (Lipinski definition) is 4. The molecule has 0 spiro atoms. The number of hydrogen-bond donors (Lipinski definition) is 2. The molecule has 0 atom stereocenters. The third kappa shape index (κ3) is 3.07. The molecular weight excluding hydrogens is 440 g/mol. The first-order valence-electron chi connectivity index (χ1n) is 12.3. The Morgan fingerprint density at radius 3 is 2.66 bits per heavy atom. The van der Waals surface area contributed by atoms with E-state index in [1.165, 1.54) is 18.9 Å². The Balaban J connectivity index is 1.66. The summed E-state index contributed by atoms with van der Waals surface area (Å²) in [7, 11) is 0. The second-order valence-corrected chi connectivity index (χ2v) is 9.52. The van der Waals surface area contributed by atoms with Crippen molar-refractivity contribution in [2.24, 2.45) is 0 Å². The summed E-state index contributed by atoms with van der Waals surface area (Å²) in [6, 6.07) is 15.0. The normalized spacial score (nSPS) is 15.4.